The van der Waals surface area contributed by atoms with Crippen LogP contribution in [-0.2, 0) is 31.0 Å². The quantitative estimate of drug-likeness (QED) is 0.657. The van der Waals surface area contributed by atoms with Gasteiger partial charge in [-0.1, -0.05) is 18.2 Å². The molecule has 0 radical (unpaired) electrons. The molecular formula is C23H22N4O6. The van der Waals surface area contributed by atoms with Gasteiger partial charge in [0.05, 0.1) is 19.3 Å². The van der Waals surface area contributed by atoms with Crippen molar-refractivity contribution in [1.82, 2.24) is 4.57 Å². The summed E-state index contributed by atoms with van der Waals surface area (Å²) in [5.41, 5.74) is 4.82. The summed E-state index contributed by atoms with van der Waals surface area (Å²) >= 11 is 0. The summed E-state index contributed by atoms with van der Waals surface area (Å²) in [5.74, 6) is -1.50. The Bertz CT molecular complexity index is 1310. The van der Waals surface area contributed by atoms with Crippen LogP contribution in [0.15, 0.2) is 46.6 Å². The lowest BCUT2D eigenvalue weighted by molar-refractivity contribution is -0.140. The second-order valence-electron chi connectivity index (χ2n) is 7.66. The highest BCUT2D eigenvalue weighted by Crippen LogP contribution is 2.54. The number of aromatic nitrogens is 1. The number of hydrogen-bond donors (Lipinski definition) is 1. The molecule has 10 heteroatoms. The number of nitrogens with zero attached hydrogens (tertiary/aromatic N) is 3. The van der Waals surface area contributed by atoms with Crippen molar-refractivity contribution in [2.24, 2.45) is 5.73 Å². The third kappa shape index (κ3) is 3.01. The van der Waals surface area contributed by atoms with Gasteiger partial charge in [0.2, 0.25) is 11.8 Å². The number of hydrogen-bond acceptors (Lipinski definition) is 8. The van der Waals surface area contributed by atoms with E-state index in [-0.39, 0.29) is 35.9 Å². The fraction of sp³-hybridized carbons (Fsp3) is 0.304. The number of para-hydroxylation sites is 1. The number of anilines is 1. The van der Waals surface area contributed by atoms with E-state index in [4.69, 9.17) is 19.9 Å². The van der Waals surface area contributed by atoms with Crippen LogP contribution < -0.4 is 20.9 Å². The van der Waals surface area contributed by atoms with Gasteiger partial charge in [0.1, 0.15) is 23.9 Å². The number of benzene rings is 1. The number of aryl methyl sites for hydroxylation is 1. The van der Waals surface area contributed by atoms with Crippen molar-refractivity contribution < 1.29 is 23.8 Å². The van der Waals surface area contributed by atoms with Crippen molar-refractivity contribution in [2.45, 2.75) is 18.9 Å². The Labute approximate surface area is 189 Å². The lowest BCUT2D eigenvalue weighted by Crippen LogP contribution is -2.50. The summed E-state index contributed by atoms with van der Waals surface area (Å²) in [7, 11) is 2.73. The summed E-state index contributed by atoms with van der Waals surface area (Å²) in [6, 6.07) is 10.3. The molecule has 1 aromatic carbocycles. The minimum atomic E-state index is -1.86. The maximum Gasteiger partial charge on any atom is 0.325 e. The Morgan fingerprint density at radius 1 is 1.27 bits per heavy atom. The highest BCUT2D eigenvalue weighted by Gasteiger charge is 2.61. The van der Waals surface area contributed by atoms with Crippen molar-refractivity contribution in [1.29, 1.82) is 5.26 Å². The van der Waals surface area contributed by atoms with Crippen LogP contribution in [0.3, 0.4) is 0 Å². The standard InChI is InChI=1S/C23H22N4O6/c1-13-10-17-19(21(29)26(13)8-9-31-2)23(15(11-24)20(25)33-17)14-6-4-5-7-16(14)27(22(23)30)12-18(28)32-3/h4-7,10H,8-9,12,25H2,1-3H3. The number of amides is 1. The lowest BCUT2D eigenvalue weighted by atomic mass is 9.69. The fourth-order valence-corrected chi connectivity index (χ4v) is 4.53. The number of pyridine rings is 1. The van der Waals surface area contributed by atoms with Crippen LogP contribution in [0.25, 0.3) is 0 Å². The molecule has 33 heavy (non-hydrogen) atoms. The molecule has 4 rings (SSSR count). The number of carbonyl (C=O) groups is 2. The number of fused-ring (bicyclic) bond motifs is 4. The molecule has 10 nitrogen and oxygen atoms in total. The molecule has 0 aliphatic carbocycles. The number of ether oxygens (including phenoxy) is 3. The Morgan fingerprint density at radius 3 is 2.67 bits per heavy atom. The Morgan fingerprint density at radius 2 is 2.00 bits per heavy atom. The van der Waals surface area contributed by atoms with Crippen LogP contribution in [0.2, 0.25) is 0 Å². The first-order valence-corrected chi connectivity index (χ1v) is 10.1. The number of esters is 1. The van der Waals surface area contributed by atoms with E-state index in [0.29, 0.717) is 16.9 Å². The van der Waals surface area contributed by atoms with E-state index < -0.39 is 29.4 Å². The first-order valence-electron chi connectivity index (χ1n) is 10.1. The summed E-state index contributed by atoms with van der Waals surface area (Å²) in [4.78, 5) is 41.2. The molecular weight excluding hydrogens is 428 g/mol. The molecule has 170 valence electrons. The van der Waals surface area contributed by atoms with Crippen LogP contribution in [0.4, 0.5) is 5.69 Å². The maximum atomic E-state index is 14.1. The van der Waals surface area contributed by atoms with Gasteiger partial charge in [0.15, 0.2) is 5.41 Å². The SMILES string of the molecule is COCCn1c(C)cc2c(c1=O)C1(C(=O)N(CC(=O)OC)c3ccccc31)C(C#N)=C(N)O2. The normalized spacial score (nSPS) is 18.6. The molecule has 1 aromatic heterocycles. The zero-order valence-corrected chi connectivity index (χ0v) is 18.4. The minimum absolute atomic E-state index is 0.0280. The van der Waals surface area contributed by atoms with Crippen molar-refractivity contribution in [3.8, 4) is 11.8 Å². The van der Waals surface area contributed by atoms with E-state index in [9.17, 15) is 19.6 Å². The number of nitriles is 1. The molecule has 0 fully saturated rings. The molecule has 0 saturated heterocycles. The molecule has 0 saturated carbocycles. The van der Waals surface area contributed by atoms with Crippen molar-refractivity contribution in [3.63, 3.8) is 0 Å². The van der Waals surface area contributed by atoms with Gasteiger partial charge in [0, 0.05) is 36.7 Å². The summed E-state index contributed by atoms with van der Waals surface area (Å²) in [5, 5.41) is 10.1. The molecule has 1 atom stereocenters. The number of methoxy groups -OCH3 is 2. The van der Waals surface area contributed by atoms with Crippen LogP contribution in [0.5, 0.6) is 5.75 Å². The molecule has 1 spiro atoms. The fourth-order valence-electron chi connectivity index (χ4n) is 4.53. The van der Waals surface area contributed by atoms with Crippen LogP contribution >= 0.6 is 0 Å². The Kier molecular flexibility index (Phi) is 5.43. The van der Waals surface area contributed by atoms with Crippen molar-refractivity contribution >= 4 is 17.6 Å². The molecule has 2 aromatic rings. The third-order valence-electron chi connectivity index (χ3n) is 6.00. The van der Waals surface area contributed by atoms with Crippen LogP contribution in [0, 0.1) is 18.3 Å². The number of rotatable bonds is 5. The topological polar surface area (TPSA) is 137 Å². The van der Waals surface area contributed by atoms with Crippen LogP contribution in [0.1, 0.15) is 16.8 Å². The van der Waals surface area contributed by atoms with Gasteiger partial charge in [-0.15, -0.1) is 0 Å². The van der Waals surface area contributed by atoms with Gasteiger partial charge in [-0.2, -0.15) is 5.26 Å². The molecule has 1 unspecified atom stereocenters. The van der Waals surface area contributed by atoms with Gasteiger partial charge >= 0.3 is 5.97 Å². The minimum Gasteiger partial charge on any atom is -0.468 e. The van der Waals surface area contributed by atoms with Crippen LogP contribution in [-0.4, -0.2) is 43.8 Å². The zero-order valence-electron chi connectivity index (χ0n) is 18.4. The van der Waals surface area contributed by atoms with E-state index in [0.717, 1.165) is 0 Å². The largest absolute Gasteiger partial charge is 0.468 e. The van der Waals surface area contributed by atoms with Crippen molar-refractivity contribution in [3.05, 3.63) is 69.0 Å². The molecule has 2 aliphatic heterocycles. The highest BCUT2D eigenvalue weighted by atomic mass is 16.5. The Hall–Kier alpha value is -4.10. The van der Waals surface area contributed by atoms with Gasteiger partial charge in [-0.05, 0) is 13.0 Å². The summed E-state index contributed by atoms with van der Waals surface area (Å²) < 4.78 is 17.0. The van der Waals surface area contributed by atoms with E-state index in [1.165, 1.54) is 23.7 Å². The predicted octanol–water partition coefficient (Wildman–Crippen LogP) is 0.695. The Balaban J connectivity index is 2.10. The third-order valence-corrected chi connectivity index (χ3v) is 6.00. The highest BCUT2D eigenvalue weighted by molar-refractivity contribution is 6.15. The molecule has 0 bridgehead atoms. The first-order chi connectivity index (χ1) is 15.8. The van der Waals surface area contributed by atoms with Gasteiger partial charge in [-0.25, -0.2) is 0 Å². The first kappa shape index (κ1) is 22.1. The van der Waals surface area contributed by atoms with E-state index in [1.54, 1.807) is 37.3 Å². The maximum absolute atomic E-state index is 14.1. The van der Waals surface area contributed by atoms with E-state index >= 15 is 0 Å². The number of nitrogens with two attached hydrogens (primary N) is 1. The smallest absolute Gasteiger partial charge is 0.325 e. The van der Waals surface area contributed by atoms with Gasteiger partial charge in [-0.3, -0.25) is 19.3 Å². The molecule has 3 heterocycles. The second-order valence-corrected chi connectivity index (χ2v) is 7.66. The summed E-state index contributed by atoms with van der Waals surface area (Å²) in [6.45, 7) is 1.82. The molecule has 2 N–H and O–H groups in total. The van der Waals surface area contributed by atoms with Gasteiger partial charge < -0.3 is 24.5 Å². The predicted molar refractivity (Wildman–Crippen MR) is 116 cm³/mol. The average Bonchev–Trinajstić information content (AvgIpc) is 3.02. The molecule has 1 amide bonds. The average molecular weight is 450 g/mol. The number of carbonyl (C=O) groups excluding carboxylic acids is 2. The zero-order chi connectivity index (χ0) is 23.9. The summed E-state index contributed by atoms with van der Waals surface area (Å²) in [6.07, 6.45) is 0. The lowest BCUT2D eigenvalue weighted by Gasteiger charge is -2.34. The van der Waals surface area contributed by atoms with E-state index in [1.807, 2.05) is 6.07 Å². The van der Waals surface area contributed by atoms with Crippen molar-refractivity contribution in [2.75, 3.05) is 32.3 Å². The van der Waals surface area contributed by atoms with E-state index in [2.05, 4.69) is 0 Å². The second kappa shape index (κ2) is 8.11. The monoisotopic (exact) mass is 450 g/mol. The molecule has 2 aliphatic rings. The van der Waals surface area contributed by atoms with Gasteiger partial charge in [0.25, 0.3) is 5.56 Å².